The molecule has 0 aromatic heterocycles. The lowest BCUT2D eigenvalue weighted by molar-refractivity contribution is -0.117. The Morgan fingerprint density at radius 3 is 2.03 bits per heavy atom. The number of alkyl halides is 2. The van der Waals surface area contributed by atoms with E-state index in [1.54, 1.807) is 42.5 Å². The van der Waals surface area contributed by atoms with Gasteiger partial charge >= 0.3 is 6.61 Å². The number of ether oxygens (including phenoxy) is 1. The third kappa shape index (κ3) is 6.26. The zero-order valence-corrected chi connectivity index (χ0v) is 17.6. The van der Waals surface area contributed by atoms with E-state index in [0.29, 0.717) is 28.1 Å². The number of carbonyl (C=O) groups is 2. The molecule has 5 nitrogen and oxygen atoms in total. The van der Waals surface area contributed by atoms with Crippen LogP contribution >= 0.6 is 0 Å². The molecule has 0 bridgehead atoms. The fraction of sp³-hybridized carbons (Fsp3) is 0.154. The van der Waals surface area contributed by atoms with E-state index in [2.05, 4.69) is 15.4 Å². The molecule has 0 atom stereocenters. The Hall–Kier alpha value is -4.00. The maximum atomic E-state index is 13.1. The van der Waals surface area contributed by atoms with Crippen LogP contribution in [0.25, 0.3) is 11.6 Å². The molecule has 0 aliphatic heterocycles. The Kier molecular flexibility index (Phi) is 6.78. The monoisotopic (exact) mass is 448 g/mol. The van der Waals surface area contributed by atoms with Gasteiger partial charge in [0.15, 0.2) is 0 Å². The van der Waals surface area contributed by atoms with Gasteiger partial charge in [-0.3, -0.25) is 9.59 Å². The summed E-state index contributed by atoms with van der Waals surface area (Å²) >= 11 is 0. The lowest BCUT2D eigenvalue weighted by Crippen LogP contribution is -2.15. The molecule has 1 saturated carbocycles. The van der Waals surface area contributed by atoms with Gasteiger partial charge < -0.3 is 15.4 Å². The van der Waals surface area contributed by atoms with E-state index in [4.69, 9.17) is 0 Å². The highest BCUT2D eigenvalue weighted by atomic mass is 19.3. The number of carbonyl (C=O) groups excluding carboxylic acids is 2. The van der Waals surface area contributed by atoms with Gasteiger partial charge in [0.05, 0.1) is 0 Å². The molecule has 0 spiro atoms. The quantitative estimate of drug-likeness (QED) is 0.337. The zero-order chi connectivity index (χ0) is 23.2. The Morgan fingerprint density at radius 1 is 0.848 bits per heavy atom. The van der Waals surface area contributed by atoms with Crippen molar-refractivity contribution >= 4 is 34.8 Å². The Labute approximate surface area is 190 Å². The number of anilines is 2. The highest BCUT2D eigenvalue weighted by Crippen LogP contribution is 2.30. The first-order valence-corrected chi connectivity index (χ1v) is 10.5. The topological polar surface area (TPSA) is 67.4 Å². The number of hydrogen-bond acceptors (Lipinski definition) is 3. The van der Waals surface area contributed by atoms with Crippen LogP contribution in [-0.2, 0) is 9.59 Å². The maximum absolute atomic E-state index is 13.1. The van der Waals surface area contributed by atoms with Crippen LogP contribution in [0.1, 0.15) is 24.0 Å². The van der Waals surface area contributed by atoms with Crippen LogP contribution < -0.4 is 15.4 Å². The first-order chi connectivity index (χ1) is 16.0. The van der Waals surface area contributed by atoms with Gasteiger partial charge in [-0.05, 0) is 66.4 Å². The standard InChI is InChI=1S/C26H22F2N2O3/c27-26(28)33-22-14-6-17(7-15-22)16-23(18-4-2-1-3-5-18)25(32)30-21-12-10-20(11-13-21)29-24(31)19-8-9-19/h1-7,10-16,19,26H,8-9H2,(H,29,31)(H,30,32)/b23-16+. The van der Waals surface area contributed by atoms with E-state index in [1.807, 2.05) is 30.3 Å². The minimum atomic E-state index is -2.90. The third-order valence-electron chi connectivity index (χ3n) is 5.10. The maximum Gasteiger partial charge on any atom is 0.387 e. The van der Waals surface area contributed by atoms with Crippen molar-refractivity contribution in [2.24, 2.45) is 5.92 Å². The summed E-state index contributed by atoms with van der Waals surface area (Å²) in [5.74, 6) is -0.157. The number of amides is 2. The van der Waals surface area contributed by atoms with E-state index in [-0.39, 0.29) is 23.5 Å². The van der Waals surface area contributed by atoms with Crippen molar-refractivity contribution in [3.8, 4) is 5.75 Å². The van der Waals surface area contributed by atoms with Gasteiger partial charge in [0.1, 0.15) is 5.75 Å². The zero-order valence-electron chi connectivity index (χ0n) is 17.6. The van der Waals surface area contributed by atoms with Crippen LogP contribution in [0.3, 0.4) is 0 Å². The summed E-state index contributed by atoms with van der Waals surface area (Å²) in [4.78, 5) is 25.0. The van der Waals surface area contributed by atoms with Crippen LogP contribution in [0.4, 0.5) is 20.2 Å². The third-order valence-corrected chi connectivity index (χ3v) is 5.10. The lowest BCUT2D eigenvalue weighted by Gasteiger charge is -2.11. The van der Waals surface area contributed by atoms with Gasteiger partial charge in [-0.25, -0.2) is 0 Å². The molecule has 3 aromatic rings. The molecule has 33 heavy (non-hydrogen) atoms. The highest BCUT2D eigenvalue weighted by Gasteiger charge is 2.29. The normalized spacial score (nSPS) is 13.5. The molecular weight excluding hydrogens is 426 g/mol. The molecule has 1 aliphatic rings. The highest BCUT2D eigenvalue weighted by molar-refractivity contribution is 6.29. The first kappa shape index (κ1) is 22.2. The smallest absolute Gasteiger partial charge is 0.387 e. The summed E-state index contributed by atoms with van der Waals surface area (Å²) in [6, 6.07) is 22.1. The number of halogens is 2. The number of benzene rings is 3. The molecule has 2 amide bonds. The summed E-state index contributed by atoms with van der Waals surface area (Å²) in [5, 5.41) is 5.73. The molecule has 7 heteroatoms. The van der Waals surface area contributed by atoms with Gasteiger partial charge in [-0.1, -0.05) is 42.5 Å². The summed E-state index contributed by atoms with van der Waals surface area (Å²) in [7, 11) is 0. The van der Waals surface area contributed by atoms with E-state index in [1.165, 1.54) is 12.1 Å². The van der Waals surface area contributed by atoms with Crippen LogP contribution in [0.5, 0.6) is 5.75 Å². The Bertz CT molecular complexity index is 1140. The van der Waals surface area contributed by atoms with Crippen LogP contribution in [0.2, 0.25) is 0 Å². The van der Waals surface area contributed by atoms with Crippen molar-refractivity contribution in [1.82, 2.24) is 0 Å². The molecule has 3 aromatic carbocycles. The molecule has 0 unspecified atom stereocenters. The fourth-order valence-electron chi connectivity index (χ4n) is 3.24. The van der Waals surface area contributed by atoms with Crippen molar-refractivity contribution in [2.45, 2.75) is 19.5 Å². The minimum Gasteiger partial charge on any atom is -0.435 e. The predicted octanol–water partition coefficient (Wildman–Crippen LogP) is 5.82. The van der Waals surface area contributed by atoms with Crippen molar-refractivity contribution in [1.29, 1.82) is 0 Å². The van der Waals surface area contributed by atoms with Gasteiger partial charge in [-0.2, -0.15) is 8.78 Å². The number of nitrogens with one attached hydrogen (secondary N) is 2. The number of hydrogen-bond donors (Lipinski definition) is 2. The van der Waals surface area contributed by atoms with Crippen LogP contribution in [0.15, 0.2) is 78.9 Å². The average Bonchev–Trinajstić information content (AvgIpc) is 3.66. The predicted molar refractivity (Wildman–Crippen MR) is 124 cm³/mol. The van der Waals surface area contributed by atoms with Crippen LogP contribution in [0, 0.1) is 5.92 Å². The second kappa shape index (κ2) is 10.1. The van der Waals surface area contributed by atoms with E-state index in [0.717, 1.165) is 12.8 Å². The summed E-state index contributed by atoms with van der Waals surface area (Å²) in [6.45, 7) is -2.90. The fourth-order valence-corrected chi connectivity index (χ4v) is 3.24. The average molecular weight is 448 g/mol. The van der Waals surface area contributed by atoms with Gasteiger partial charge in [0.2, 0.25) is 5.91 Å². The molecule has 168 valence electrons. The first-order valence-electron chi connectivity index (χ1n) is 10.5. The SMILES string of the molecule is O=C(Nc1ccc(NC(=O)C2CC2)cc1)/C(=C/c1ccc(OC(F)F)cc1)c1ccccc1. The van der Waals surface area contributed by atoms with Crippen molar-refractivity contribution in [3.63, 3.8) is 0 Å². The molecule has 0 saturated heterocycles. The molecule has 0 heterocycles. The second-order valence-corrected chi connectivity index (χ2v) is 7.67. The van der Waals surface area contributed by atoms with E-state index >= 15 is 0 Å². The van der Waals surface area contributed by atoms with E-state index < -0.39 is 6.61 Å². The van der Waals surface area contributed by atoms with Crippen molar-refractivity contribution in [2.75, 3.05) is 10.6 Å². The molecular formula is C26H22F2N2O3. The second-order valence-electron chi connectivity index (χ2n) is 7.67. The largest absolute Gasteiger partial charge is 0.435 e. The lowest BCUT2D eigenvalue weighted by atomic mass is 10.0. The Balaban J connectivity index is 1.51. The van der Waals surface area contributed by atoms with Gasteiger partial charge in [0, 0.05) is 22.9 Å². The molecule has 1 fully saturated rings. The molecule has 0 radical (unpaired) electrons. The summed E-state index contributed by atoms with van der Waals surface area (Å²) in [5.41, 5.74) is 3.02. The number of rotatable bonds is 8. The van der Waals surface area contributed by atoms with Crippen molar-refractivity contribution in [3.05, 3.63) is 90.0 Å². The Morgan fingerprint density at radius 2 is 1.45 bits per heavy atom. The molecule has 2 N–H and O–H groups in total. The molecule has 1 aliphatic carbocycles. The van der Waals surface area contributed by atoms with Crippen LogP contribution in [-0.4, -0.2) is 18.4 Å². The van der Waals surface area contributed by atoms with Gasteiger partial charge in [0.25, 0.3) is 5.91 Å². The summed E-state index contributed by atoms with van der Waals surface area (Å²) in [6.07, 6.45) is 3.54. The minimum absolute atomic E-state index is 0.0195. The summed E-state index contributed by atoms with van der Waals surface area (Å²) < 4.78 is 29.1. The van der Waals surface area contributed by atoms with Crippen molar-refractivity contribution < 1.29 is 23.1 Å². The van der Waals surface area contributed by atoms with E-state index in [9.17, 15) is 18.4 Å². The van der Waals surface area contributed by atoms with Gasteiger partial charge in [-0.15, -0.1) is 0 Å². The molecule has 4 rings (SSSR count).